The molecule has 1 aliphatic heterocycles. The number of carbonyl (C=O) groups excluding carboxylic acids is 3. The Morgan fingerprint density at radius 2 is 2.20 bits per heavy atom. The normalized spacial score (nSPS) is 14.3. The van der Waals surface area contributed by atoms with Crippen LogP contribution in [0.15, 0.2) is 24.3 Å². The average molecular weight is 296 g/mol. The summed E-state index contributed by atoms with van der Waals surface area (Å²) >= 11 is 5.83. The van der Waals surface area contributed by atoms with Crippen molar-refractivity contribution < 1.29 is 14.4 Å². The Morgan fingerprint density at radius 3 is 2.85 bits per heavy atom. The molecule has 0 atom stereocenters. The van der Waals surface area contributed by atoms with Crippen LogP contribution in [0, 0.1) is 0 Å². The van der Waals surface area contributed by atoms with E-state index in [2.05, 4.69) is 10.6 Å². The fourth-order valence-electron chi connectivity index (χ4n) is 1.88. The molecule has 20 heavy (non-hydrogen) atoms. The van der Waals surface area contributed by atoms with Crippen LogP contribution in [0.5, 0.6) is 0 Å². The van der Waals surface area contributed by atoms with Crippen LogP contribution in [0.3, 0.4) is 0 Å². The van der Waals surface area contributed by atoms with E-state index in [0.29, 0.717) is 5.02 Å². The van der Waals surface area contributed by atoms with Crippen LogP contribution in [0.4, 0.5) is 4.79 Å². The minimum Gasteiger partial charge on any atom is -0.354 e. The lowest BCUT2D eigenvalue weighted by molar-refractivity contribution is -0.125. The summed E-state index contributed by atoms with van der Waals surface area (Å²) in [4.78, 5) is 35.3. The maximum atomic E-state index is 11.7. The second-order valence-electron chi connectivity index (χ2n) is 4.36. The van der Waals surface area contributed by atoms with E-state index in [9.17, 15) is 14.4 Å². The molecule has 4 amide bonds. The number of nitrogens with zero attached hydrogens (tertiary/aromatic N) is 1. The maximum absolute atomic E-state index is 11.7. The fourth-order valence-corrected chi connectivity index (χ4v) is 2.10. The minimum absolute atomic E-state index is 0.0231. The number of nitrogens with one attached hydrogen (secondary N) is 2. The van der Waals surface area contributed by atoms with Gasteiger partial charge in [-0.3, -0.25) is 14.5 Å². The van der Waals surface area contributed by atoms with Crippen molar-refractivity contribution in [3.05, 3.63) is 34.9 Å². The van der Waals surface area contributed by atoms with E-state index in [1.54, 1.807) is 18.2 Å². The number of benzene rings is 1. The van der Waals surface area contributed by atoms with Crippen LogP contribution >= 0.6 is 11.6 Å². The highest BCUT2D eigenvalue weighted by atomic mass is 35.5. The van der Waals surface area contributed by atoms with Gasteiger partial charge < -0.3 is 10.6 Å². The Labute approximate surface area is 121 Å². The monoisotopic (exact) mass is 295 g/mol. The van der Waals surface area contributed by atoms with Gasteiger partial charge in [0.2, 0.25) is 11.8 Å². The van der Waals surface area contributed by atoms with Crippen LogP contribution in [0.1, 0.15) is 5.56 Å². The molecule has 1 aromatic rings. The van der Waals surface area contributed by atoms with Crippen molar-refractivity contribution in [1.29, 1.82) is 0 Å². The van der Waals surface area contributed by atoms with Gasteiger partial charge in [0.05, 0.1) is 13.0 Å². The first kappa shape index (κ1) is 14.3. The van der Waals surface area contributed by atoms with Crippen LogP contribution < -0.4 is 10.6 Å². The quantitative estimate of drug-likeness (QED) is 0.779. The molecular formula is C13H14ClN3O3. The Kier molecular flexibility index (Phi) is 4.57. The number of urea groups is 1. The summed E-state index contributed by atoms with van der Waals surface area (Å²) in [5.41, 5.74) is 0.810. The summed E-state index contributed by atoms with van der Waals surface area (Å²) in [7, 11) is 0. The van der Waals surface area contributed by atoms with Crippen molar-refractivity contribution >= 4 is 29.4 Å². The van der Waals surface area contributed by atoms with Crippen molar-refractivity contribution in [3.8, 4) is 0 Å². The molecule has 1 aliphatic rings. The van der Waals surface area contributed by atoms with Gasteiger partial charge in [-0.15, -0.1) is 0 Å². The van der Waals surface area contributed by atoms with Crippen LogP contribution in [0.25, 0.3) is 0 Å². The second kappa shape index (κ2) is 6.38. The highest BCUT2D eigenvalue weighted by Crippen LogP contribution is 2.10. The van der Waals surface area contributed by atoms with Crippen molar-refractivity contribution in [1.82, 2.24) is 15.5 Å². The summed E-state index contributed by atoms with van der Waals surface area (Å²) in [6.45, 7) is 0.430. The molecule has 0 aliphatic carbocycles. The SMILES string of the molecule is O=C(Cc1cccc(Cl)c1)NCCN1C(=O)CNC1=O. The lowest BCUT2D eigenvalue weighted by Crippen LogP contribution is -2.39. The van der Waals surface area contributed by atoms with Gasteiger partial charge in [-0.25, -0.2) is 4.79 Å². The molecule has 1 fully saturated rings. The Morgan fingerprint density at radius 1 is 1.40 bits per heavy atom. The van der Waals surface area contributed by atoms with Gasteiger partial charge in [-0.2, -0.15) is 0 Å². The van der Waals surface area contributed by atoms with E-state index in [1.807, 2.05) is 6.07 Å². The van der Waals surface area contributed by atoms with Crippen molar-refractivity contribution in [2.45, 2.75) is 6.42 Å². The van der Waals surface area contributed by atoms with Gasteiger partial charge >= 0.3 is 6.03 Å². The van der Waals surface area contributed by atoms with Crippen LogP contribution in [0.2, 0.25) is 5.02 Å². The van der Waals surface area contributed by atoms with E-state index < -0.39 is 6.03 Å². The third-order valence-electron chi connectivity index (χ3n) is 2.85. The number of halogens is 1. The lowest BCUT2D eigenvalue weighted by atomic mass is 10.1. The summed E-state index contributed by atoms with van der Waals surface area (Å²) in [5, 5.41) is 5.65. The molecule has 0 unspecified atom stereocenters. The van der Waals surface area contributed by atoms with Gasteiger partial charge in [-0.05, 0) is 17.7 Å². The highest BCUT2D eigenvalue weighted by molar-refractivity contribution is 6.30. The number of hydrogen-bond acceptors (Lipinski definition) is 3. The fraction of sp³-hybridized carbons (Fsp3) is 0.308. The predicted octanol–water partition coefficient (Wildman–Crippen LogP) is 0.550. The van der Waals surface area contributed by atoms with Gasteiger partial charge in [0.15, 0.2) is 0 Å². The Balaban J connectivity index is 1.75. The molecule has 2 N–H and O–H groups in total. The summed E-state index contributed by atoms with van der Waals surface area (Å²) in [6.07, 6.45) is 0.209. The molecule has 1 heterocycles. The zero-order valence-electron chi connectivity index (χ0n) is 10.7. The first-order valence-corrected chi connectivity index (χ1v) is 6.53. The highest BCUT2D eigenvalue weighted by Gasteiger charge is 2.27. The molecule has 106 valence electrons. The molecule has 0 bridgehead atoms. The first-order valence-electron chi connectivity index (χ1n) is 6.15. The third-order valence-corrected chi connectivity index (χ3v) is 3.08. The zero-order chi connectivity index (χ0) is 14.5. The van der Waals surface area contributed by atoms with Crippen molar-refractivity contribution in [3.63, 3.8) is 0 Å². The zero-order valence-corrected chi connectivity index (χ0v) is 11.4. The molecule has 7 heteroatoms. The molecule has 0 saturated carbocycles. The Hall–Kier alpha value is -2.08. The summed E-state index contributed by atoms with van der Waals surface area (Å²) in [6, 6.07) is 6.62. The average Bonchev–Trinajstić information content (AvgIpc) is 2.70. The van der Waals surface area contributed by atoms with Gasteiger partial charge in [0.25, 0.3) is 0 Å². The number of imide groups is 1. The molecule has 0 radical (unpaired) electrons. The topological polar surface area (TPSA) is 78.5 Å². The number of rotatable bonds is 5. The van der Waals surface area contributed by atoms with E-state index in [0.717, 1.165) is 10.5 Å². The van der Waals surface area contributed by atoms with Gasteiger partial charge in [0, 0.05) is 18.1 Å². The van der Waals surface area contributed by atoms with E-state index in [1.165, 1.54) is 0 Å². The molecule has 6 nitrogen and oxygen atoms in total. The van der Waals surface area contributed by atoms with Crippen molar-refractivity contribution in [2.24, 2.45) is 0 Å². The van der Waals surface area contributed by atoms with E-state index >= 15 is 0 Å². The molecule has 0 spiro atoms. The van der Waals surface area contributed by atoms with Crippen LogP contribution in [-0.2, 0) is 16.0 Å². The molecule has 1 saturated heterocycles. The molecule has 2 rings (SSSR count). The summed E-state index contributed by atoms with van der Waals surface area (Å²) in [5.74, 6) is -0.460. The number of carbonyl (C=O) groups is 3. The first-order chi connectivity index (χ1) is 9.56. The van der Waals surface area contributed by atoms with E-state index in [4.69, 9.17) is 11.6 Å². The molecule has 1 aromatic carbocycles. The minimum atomic E-state index is -0.418. The van der Waals surface area contributed by atoms with Gasteiger partial charge in [0.1, 0.15) is 0 Å². The smallest absolute Gasteiger partial charge is 0.324 e. The largest absolute Gasteiger partial charge is 0.354 e. The summed E-state index contributed by atoms with van der Waals surface area (Å²) < 4.78 is 0. The lowest BCUT2D eigenvalue weighted by Gasteiger charge is -2.12. The maximum Gasteiger partial charge on any atom is 0.324 e. The van der Waals surface area contributed by atoms with Gasteiger partial charge in [-0.1, -0.05) is 23.7 Å². The van der Waals surface area contributed by atoms with E-state index in [-0.39, 0.29) is 37.9 Å². The standard InChI is InChI=1S/C13H14ClN3O3/c14-10-3-1-2-9(6-10)7-11(18)15-4-5-17-12(19)8-16-13(17)20/h1-3,6H,4-5,7-8H2,(H,15,18)(H,16,20). The number of hydrogen-bond donors (Lipinski definition) is 2. The molecule has 0 aromatic heterocycles. The third kappa shape index (κ3) is 3.71. The molecular weight excluding hydrogens is 282 g/mol. The van der Waals surface area contributed by atoms with Crippen molar-refractivity contribution in [2.75, 3.05) is 19.6 Å². The predicted molar refractivity (Wildman–Crippen MR) is 73.3 cm³/mol. The van der Waals surface area contributed by atoms with Crippen LogP contribution in [-0.4, -0.2) is 42.4 Å². The second-order valence-corrected chi connectivity index (χ2v) is 4.80. The number of amides is 4. The Bertz CT molecular complexity index is 531.